The van der Waals surface area contributed by atoms with Gasteiger partial charge in [0.1, 0.15) is 29.2 Å². The van der Waals surface area contributed by atoms with Crippen molar-refractivity contribution >= 4 is 86.1 Å². The molecule has 0 saturated carbocycles. The molecule has 2 bridgehead atoms. The van der Waals surface area contributed by atoms with E-state index in [9.17, 15) is 49.2 Å². The van der Waals surface area contributed by atoms with Gasteiger partial charge >= 0.3 is 0 Å². The summed E-state index contributed by atoms with van der Waals surface area (Å²) in [5, 5.41) is 53.0. The number of phenols is 2. The van der Waals surface area contributed by atoms with E-state index in [4.69, 9.17) is 22.2 Å². The highest BCUT2D eigenvalue weighted by molar-refractivity contribution is 8.00. The van der Waals surface area contributed by atoms with Gasteiger partial charge in [-0.15, -0.1) is 23.1 Å². The summed E-state index contributed by atoms with van der Waals surface area (Å²) in [5.74, 6) is -6.64. The molecule has 3 amide bonds. The summed E-state index contributed by atoms with van der Waals surface area (Å²) >= 11 is 8.39. The molecule has 4 aliphatic rings. The van der Waals surface area contributed by atoms with E-state index in [0.717, 1.165) is 22.3 Å². The van der Waals surface area contributed by atoms with Crippen LogP contribution in [0.3, 0.4) is 0 Å². The lowest BCUT2D eigenvalue weighted by atomic mass is 9.84. The van der Waals surface area contributed by atoms with Crippen LogP contribution in [0, 0.1) is 5.41 Å². The fourth-order valence-corrected chi connectivity index (χ4v) is 10.2. The lowest BCUT2D eigenvalue weighted by molar-refractivity contribution is -0.905. The van der Waals surface area contributed by atoms with Crippen LogP contribution in [0.1, 0.15) is 49.7 Å². The van der Waals surface area contributed by atoms with Crippen LogP contribution in [0.4, 0.5) is 5.13 Å². The number of aliphatic carboxylic acids is 2. The minimum Gasteiger partial charge on any atom is -0.546 e. The standard InChI is InChI=1S/C35H37ClN8O11S2/c1-14-16(10-44-6-4-35(13-44,5-7-44)12-39-27(48)15-9-38-17-8-19(45)26(47)21(36)20(17)25(15)46)24(31(51)52)43-29(50)23(30(43)57-14)41-28(49)22(18-11-56-33(37)40-18)42-55-34(2,3)32(53)54/h8-9,11,14,23,30H,4-7,10,12-13H2,1-3H3,(H8-,37,38,39,40,41,42,45,46,47,48,49,51,52,53,54)/p-1/t14-,23+,30+,35?,44?/m0/s1. The molecule has 0 radical (unpaired) electrons. The van der Waals surface area contributed by atoms with Crippen LogP contribution in [0.25, 0.3) is 10.9 Å². The van der Waals surface area contributed by atoms with Crippen molar-refractivity contribution in [3.63, 3.8) is 0 Å². The number of hydrogen-bond donors (Lipinski definition) is 6. The summed E-state index contributed by atoms with van der Waals surface area (Å²) in [5.41, 5.74) is 2.40. The minimum atomic E-state index is -1.92. The van der Waals surface area contributed by atoms with Crippen LogP contribution < -0.4 is 32.0 Å². The number of fused-ring (bicyclic) bond motifs is 4. The molecule has 1 aromatic carbocycles. The van der Waals surface area contributed by atoms with Crippen LogP contribution >= 0.6 is 34.7 Å². The Kier molecular flexibility index (Phi) is 9.94. The summed E-state index contributed by atoms with van der Waals surface area (Å²) in [6.45, 7) is 6.61. The molecule has 0 spiro atoms. The topological polar surface area (TPSA) is 293 Å². The molecule has 19 nitrogen and oxygen atoms in total. The second-order valence-corrected chi connectivity index (χ2v) is 17.9. The number of aromatic nitrogens is 2. The maximum absolute atomic E-state index is 13.6. The zero-order valence-corrected chi connectivity index (χ0v) is 32.9. The molecule has 0 unspecified atom stereocenters. The van der Waals surface area contributed by atoms with Crippen molar-refractivity contribution in [3.05, 3.63) is 55.4 Å². The van der Waals surface area contributed by atoms with Crippen molar-refractivity contribution < 1.29 is 53.7 Å². The van der Waals surface area contributed by atoms with Gasteiger partial charge in [-0.1, -0.05) is 16.8 Å². The number of hydrogen-bond acceptors (Lipinski definition) is 16. The summed E-state index contributed by atoms with van der Waals surface area (Å²) < 4.78 is 0.507. The largest absolute Gasteiger partial charge is 0.546 e. The molecule has 3 fully saturated rings. The van der Waals surface area contributed by atoms with Crippen molar-refractivity contribution in [3.8, 4) is 11.5 Å². The minimum absolute atomic E-state index is 0.0360. The highest BCUT2D eigenvalue weighted by Crippen LogP contribution is 2.49. The number of oxime groups is 1. The smallest absolute Gasteiger partial charge is 0.276 e. The van der Waals surface area contributed by atoms with Crippen molar-refractivity contribution in [1.82, 2.24) is 25.5 Å². The molecule has 7 rings (SSSR count). The van der Waals surface area contributed by atoms with Gasteiger partial charge in [0, 0.05) is 53.3 Å². The molecule has 3 atom stereocenters. The number of thioether (sulfide) groups is 1. The first-order valence-electron chi connectivity index (χ1n) is 17.6. The number of pyridine rings is 1. The van der Waals surface area contributed by atoms with Gasteiger partial charge in [-0.2, -0.15) is 0 Å². The van der Waals surface area contributed by atoms with E-state index in [1.54, 1.807) is 0 Å². The predicted octanol–water partition coefficient (Wildman–Crippen LogP) is -1.29. The number of β-lactam (4-membered cyclic amide) rings is 1. The van der Waals surface area contributed by atoms with Gasteiger partial charge < -0.3 is 60.7 Å². The number of thiazole rings is 1. The number of carbonyl (C=O) groups is 5. The summed E-state index contributed by atoms with van der Waals surface area (Å²) in [6.07, 6.45) is 2.62. The molecule has 4 aliphatic heterocycles. The Hall–Kier alpha value is -5.38. The van der Waals surface area contributed by atoms with Crippen molar-refractivity contribution in [2.24, 2.45) is 10.6 Å². The first-order chi connectivity index (χ1) is 26.8. The lowest BCUT2D eigenvalue weighted by Crippen LogP contribution is -2.72. The Morgan fingerprint density at radius 2 is 1.93 bits per heavy atom. The Morgan fingerprint density at radius 3 is 2.56 bits per heavy atom. The second kappa shape index (κ2) is 14.2. The number of phenolic OH excluding ortho intramolecular Hbond substituents is 2. The number of rotatable bonds is 12. The first kappa shape index (κ1) is 39.8. The van der Waals surface area contributed by atoms with E-state index in [0.29, 0.717) is 49.1 Å². The molecule has 57 heavy (non-hydrogen) atoms. The van der Waals surface area contributed by atoms with Gasteiger partial charge in [0.15, 0.2) is 27.9 Å². The molecule has 22 heteroatoms. The second-order valence-electron chi connectivity index (χ2n) is 15.2. The maximum atomic E-state index is 13.6. The number of anilines is 1. The third kappa shape index (κ3) is 6.91. The average Bonchev–Trinajstić information content (AvgIpc) is 3.86. The van der Waals surface area contributed by atoms with Crippen molar-refractivity contribution in [1.29, 1.82) is 0 Å². The summed E-state index contributed by atoms with van der Waals surface area (Å²) in [7, 11) is 0. The van der Waals surface area contributed by atoms with E-state index >= 15 is 0 Å². The van der Waals surface area contributed by atoms with Crippen LogP contribution in [0.15, 0.2) is 38.9 Å². The van der Waals surface area contributed by atoms with Gasteiger partial charge in [-0.3, -0.25) is 24.1 Å². The van der Waals surface area contributed by atoms with Crippen LogP contribution in [-0.4, -0.2) is 120 Å². The van der Waals surface area contributed by atoms with Crippen LogP contribution in [0.5, 0.6) is 11.5 Å². The first-order valence-corrected chi connectivity index (χ1v) is 19.8. The highest BCUT2D eigenvalue weighted by Gasteiger charge is 2.59. The molecule has 3 saturated heterocycles. The quantitative estimate of drug-likeness (QED) is 0.0407. The fraction of sp³-hybridized carbons (Fsp3) is 0.429. The number of nitrogens with one attached hydrogen (secondary N) is 3. The molecule has 0 aliphatic carbocycles. The van der Waals surface area contributed by atoms with Crippen molar-refractivity contribution in [2.75, 3.05) is 38.5 Å². The molecular weight excluding hydrogens is 808 g/mol. The molecule has 7 N–H and O–H groups in total. The number of piperidine rings is 1. The number of nitrogens with two attached hydrogens (primary N) is 1. The number of quaternary nitrogens is 1. The number of H-pyrrole nitrogens is 1. The molecular formula is C35H36ClN8O11S2-. The van der Waals surface area contributed by atoms with Gasteiger partial charge in [-0.05, 0) is 20.8 Å². The summed E-state index contributed by atoms with van der Waals surface area (Å²) in [4.78, 5) is 90.8. The Labute approximate surface area is 336 Å². The number of nitrogen functional groups attached to an aromatic ring is 1. The number of carbonyl (C=O) groups excluding carboxylic acids is 5. The number of carboxylic acids is 2. The average molecular weight is 844 g/mol. The van der Waals surface area contributed by atoms with E-state index in [2.05, 4.69) is 25.8 Å². The van der Waals surface area contributed by atoms with Crippen molar-refractivity contribution in [2.45, 2.75) is 55.9 Å². The molecule has 3 aromatic rings. The molecule has 6 heterocycles. The Balaban J connectivity index is 1.05. The SMILES string of the molecule is C[C@@H]1S[C@@H]2[C@H](NC(=O)/C(=N\OC(C)(C)C(=O)[O-])c3csc(N)n3)C(=O)N2C(C(=O)[O-])=C1C[N+]12CCC(CNC(=O)c3c[nH]c4cc(O)c(O)c(Cl)c4c3=O)(CC1)C2. The van der Waals surface area contributed by atoms with E-state index in [1.165, 1.54) is 37.2 Å². The number of amides is 3. The maximum Gasteiger partial charge on any atom is 0.276 e. The van der Waals surface area contributed by atoms with Crippen LogP contribution in [-0.2, 0) is 24.0 Å². The predicted molar refractivity (Wildman–Crippen MR) is 202 cm³/mol. The van der Waals surface area contributed by atoms with Crippen LogP contribution in [0.2, 0.25) is 5.02 Å². The number of nitrogens with zero attached hydrogens (tertiary/aromatic N) is 4. The third-order valence-electron chi connectivity index (χ3n) is 11.1. The number of halogens is 1. The monoisotopic (exact) mass is 843 g/mol. The van der Waals surface area contributed by atoms with E-state index < -0.39 is 74.6 Å². The Morgan fingerprint density at radius 1 is 1.23 bits per heavy atom. The van der Waals surface area contributed by atoms with Gasteiger partial charge in [0.2, 0.25) is 5.43 Å². The zero-order chi connectivity index (χ0) is 41.4. The number of carboxylic acid groups (broad SMARTS) is 2. The Bertz CT molecular complexity index is 2390. The number of benzene rings is 1. The normalized spacial score (nSPS) is 25.6. The van der Waals surface area contributed by atoms with E-state index in [1.807, 2.05) is 6.92 Å². The lowest BCUT2D eigenvalue weighted by Gasteiger charge is -2.52. The summed E-state index contributed by atoms with van der Waals surface area (Å²) in [6, 6.07) is -0.0490. The fourth-order valence-electron chi connectivity index (χ4n) is 7.92. The van der Waals surface area contributed by atoms with Gasteiger partial charge in [-0.25, -0.2) is 4.98 Å². The third-order valence-corrected chi connectivity index (χ3v) is 13.6. The molecule has 2 aromatic heterocycles. The van der Waals surface area contributed by atoms with Gasteiger partial charge in [0.05, 0.1) is 53.2 Å². The molecule has 302 valence electrons. The number of aromatic amines is 1. The zero-order valence-electron chi connectivity index (χ0n) is 30.5. The van der Waals surface area contributed by atoms with Gasteiger partial charge in [0.25, 0.3) is 17.7 Å². The number of aromatic hydroxyl groups is 2. The highest BCUT2D eigenvalue weighted by atomic mass is 35.5. The van der Waals surface area contributed by atoms with E-state index in [-0.39, 0.29) is 50.0 Å².